The molecule has 0 unspecified atom stereocenters. The van der Waals surface area contributed by atoms with Crippen molar-refractivity contribution in [3.63, 3.8) is 0 Å². The molecule has 1 aliphatic rings. The van der Waals surface area contributed by atoms with Gasteiger partial charge >= 0.3 is 0 Å². The Morgan fingerprint density at radius 3 is 2.59 bits per heavy atom. The van der Waals surface area contributed by atoms with Crippen LogP contribution in [0, 0.1) is 5.92 Å². The number of carbonyl (C=O) groups is 1. The van der Waals surface area contributed by atoms with E-state index in [-0.39, 0.29) is 5.91 Å². The molecule has 1 aliphatic heterocycles. The average Bonchev–Trinajstić information content (AvgIpc) is 3.17. The predicted molar refractivity (Wildman–Crippen MR) is 110 cm³/mol. The van der Waals surface area contributed by atoms with E-state index in [0.29, 0.717) is 5.92 Å². The Morgan fingerprint density at radius 1 is 1.07 bits per heavy atom. The third kappa shape index (κ3) is 4.14. The first-order valence-electron chi connectivity index (χ1n) is 9.32. The Balaban J connectivity index is 1.38. The van der Waals surface area contributed by atoms with Crippen LogP contribution in [0.5, 0.6) is 0 Å². The minimum absolute atomic E-state index is 0.127. The van der Waals surface area contributed by atoms with Crippen LogP contribution in [0.1, 0.15) is 23.2 Å². The molecule has 5 heteroatoms. The lowest BCUT2D eigenvalue weighted by atomic mass is 9.96. The quantitative estimate of drug-likeness (QED) is 0.600. The third-order valence-electron chi connectivity index (χ3n) is 5.18. The van der Waals surface area contributed by atoms with E-state index < -0.39 is 0 Å². The molecule has 2 heterocycles. The van der Waals surface area contributed by atoms with E-state index in [4.69, 9.17) is 0 Å². The maximum atomic E-state index is 12.7. The summed E-state index contributed by atoms with van der Waals surface area (Å²) in [5, 5.41) is 0. The number of piperidine rings is 1. The van der Waals surface area contributed by atoms with Gasteiger partial charge < -0.3 is 9.47 Å². The van der Waals surface area contributed by atoms with Gasteiger partial charge in [-0.05, 0) is 37.0 Å². The first kappa shape index (κ1) is 18.0. The number of imidazole rings is 1. The van der Waals surface area contributed by atoms with Crippen LogP contribution in [0.4, 0.5) is 0 Å². The van der Waals surface area contributed by atoms with Crippen molar-refractivity contribution in [2.75, 3.05) is 13.1 Å². The molecule has 0 atom stereocenters. The molecule has 3 aromatic rings. The minimum atomic E-state index is 0.127. The summed E-state index contributed by atoms with van der Waals surface area (Å²) in [5.41, 5.74) is 1.90. The molecule has 1 aromatic heterocycles. The van der Waals surface area contributed by atoms with Crippen molar-refractivity contribution in [1.29, 1.82) is 0 Å². The molecule has 1 saturated heterocycles. The SMILES string of the molecule is O=C(c1cccc(Br)c1)N1CCC(Cn2ccnc2-c2ccccc2)CC1. The van der Waals surface area contributed by atoms with Crippen LogP contribution in [0.15, 0.2) is 71.5 Å². The van der Waals surface area contributed by atoms with Gasteiger partial charge in [-0.2, -0.15) is 0 Å². The highest BCUT2D eigenvalue weighted by atomic mass is 79.9. The van der Waals surface area contributed by atoms with Crippen LogP contribution in [0.25, 0.3) is 11.4 Å². The van der Waals surface area contributed by atoms with Crippen molar-refractivity contribution in [3.05, 3.63) is 77.0 Å². The van der Waals surface area contributed by atoms with Crippen molar-refractivity contribution in [3.8, 4) is 11.4 Å². The fourth-order valence-electron chi connectivity index (χ4n) is 3.70. The highest BCUT2D eigenvalue weighted by molar-refractivity contribution is 9.10. The number of carbonyl (C=O) groups excluding carboxylic acids is 1. The standard InChI is InChI=1S/C22H22BrN3O/c23-20-8-4-7-19(15-20)22(27)25-12-9-17(10-13-25)16-26-14-11-24-21(26)18-5-2-1-3-6-18/h1-8,11,14-15,17H,9-10,12-13,16H2. The molecule has 1 amide bonds. The third-order valence-corrected chi connectivity index (χ3v) is 5.67. The van der Waals surface area contributed by atoms with Gasteiger partial charge in [0.2, 0.25) is 0 Å². The molecule has 27 heavy (non-hydrogen) atoms. The van der Waals surface area contributed by atoms with E-state index >= 15 is 0 Å². The number of amides is 1. The number of halogens is 1. The maximum absolute atomic E-state index is 12.7. The van der Waals surface area contributed by atoms with Crippen molar-refractivity contribution in [2.24, 2.45) is 5.92 Å². The number of hydrogen-bond donors (Lipinski definition) is 0. The summed E-state index contributed by atoms with van der Waals surface area (Å²) in [6.45, 7) is 2.57. The van der Waals surface area contributed by atoms with Crippen LogP contribution in [0.2, 0.25) is 0 Å². The molecule has 4 nitrogen and oxygen atoms in total. The summed E-state index contributed by atoms with van der Waals surface area (Å²) in [4.78, 5) is 19.2. The maximum Gasteiger partial charge on any atom is 0.253 e. The van der Waals surface area contributed by atoms with E-state index in [1.165, 1.54) is 0 Å². The summed E-state index contributed by atoms with van der Waals surface area (Å²) >= 11 is 3.44. The van der Waals surface area contributed by atoms with Crippen LogP contribution in [-0.2, 0) is 6.54 Å². The number of hydrogen-bond acceptors (Lipinski definition) is 2. The molecule has 0 N–H and O–H groups in total. The second-order valence-electron chi connectivity index (χ2n) is 7.02. The Morgan fingerprint density at radius 2 is 1.85 bits per heavy atom. The van der Waals surface area contributed by atoms with E-state index in [9.17, 15) is 4.79 Å². The van der Waals surface area contributed by atoms with Gasteiger partial charge in [0.15, 0.2) is 0 Å². The Bertz CT molecular complexity index is 914. The first-order valence-corrected chi connectivity index (χ1v) is 10.1. The number of aromatic nitrogens is 2. The van der Waals surface area contributed by atoms with Crippen LogP contribution in [0.3, 0.4) is 0 Å². The highest BCUT2D eigenvalue weighted by Gasteiger charge is 2.24. The predicted octanol–water partition coefficient (Wildman–Crippen LogP) is 4.87. The van der Waals surface area contributed by atoms with Gasteiger partial charge in [0, 0.05) is 47.6 Å². The molecule has 0 aliphatic carbocycles. The molecule has 0 spiro atoms. The zero-order valence-corrected chi connectivity index (χ0v) is 16.7. The average molecular weight is 424 g/mol. The van der Waals surface area contributed by atoms with Gasteiger partial charge in [-0.1, -0.05) is 52.3 Å². The highest BCUT2D eigenvalue weighted by Crippen LogP contribution is 2.24. The van der Waals surface area contributed by atoms with Crippen molar-refractivity contribution < 1.29 is 4.79 Å². The fourth-order valence-corrected chi connectivity index (χ4v) is 4.10. The van der Waals surface area contributed by atoms with E-state index in [1.54, 1.807) is 0 Å². The summed E-state index contributed by atoms with van der Waals surface area (Å²) in [5.74, 6) is 1.71. The molecule has 1 fully saturated rings. The monoisotopic (exact) mass is 423 g/mol. The topological polar surface area (TPSA) is 38.1 Å². The summed E-state index contributed by atoms with van der Waals surface area (Å²) in [6, 6.07) is 17.9. The Hall–Kier alpha value is -2.40. The van der Waals surface area contributed by atoms with Crippen LogP contribution >= 0.6 is 15.9 Å². The zero-order chi connectivity index (χ0) is 18.6. The van der Waals surface area contributed by atoms with Gasteiger partial charge in [0.05, 0.1) is 0 Å². The Labute approximate surface area is 168 Å². The molecular formula is C22H22BrN3O. The first-order chi connectivity index (χ1) is 13.2. The number of rotatable bonds is 4. The summed E-state index contributed by atoms with van der Waals surface area (Å²) in [6.07, 6.45) is 5.97. The second-order valence-corrected chi connectivity index (χ2v) is 7.93. The number of benzene rings is 2. The van der Waals surface area contributed by atoms with Gasteiger partial charge in [-0.25, -0.2) is 4.98 Å². The van der Waals surface area contributed by atoms with Gasteiger partial charge in [0.1, 0.15) is 5.82 Å². The second kappa shape index (κ2) is 8.09. The van der Waals surface area contributed by atoms with E-state index in [0.717, 1.165) is 53.9 Å². The molecule has 0 saturated carbocycles. The van der Waals surface area contributed by atoms with E-state index in [2.05, 4.69) is 43.8 Å². The largest absolute Gasteiger partial charge is 0.339 e. The van der Waals surface area contributed by atoms with Gasteiger partial charge in [0.25, 0.3) is 5.91 Å². The van der Waals surface area contributed by atoms with Gasteiger partial charge in [-0.3, -0.25) is 4.79 Å². The molecule has 0 bridgehead atoms. The molecule has 138 valence electrons. The van der Waals surface area contributed by atoms with Crippen molar-refractivity contribution >= 4 is 21.8 Å². The van der Waals surface area contributed by atoms with Crippen LogP contribution < -0.4 is 0 Å². The lowest BCUT2D eigenvalue weighted by molar-refractivity contribution is 0.0683. The smallest absolute Gasteiger partial charge is 0.253 e. The van der Waals surface area contributed by atoms with Crippen molar-refractivity contribution in [1.82, 2.24) is 14.5 Å². The molecule has 4 rings (SSSR count). The fraction of sp³-hybridized carbons (Fsp3) is 0.273. The number of nitrogens with zero attached hydrogens (tertiary/aromatic N) is 3. The molecule has 0 radical (unpaired) electrons. The molecule has 2 aromatic carbocycles. The zero-order valence-electron chi connectivity index (χ0n) is 15.1. The van der Waals surface area contributed by atoms with Crippen molar-refractivity contribution in [2.45, 2.75) is 19.4 Å². The van der Waals surface area contributed by atoms with Crippen LogP contribution in [-0.4, -0.2) is 33.4 Å². The lowest BCUT2D eigenvalue weighted by Gasteiger charge is -2.32. The number of likely N-dealkylation sites (tertiary alicyclic amines) is 1. The van der Waals surface area contributed by atoms with Gasteiger partial charge in [-0.15, -0.1) is 0 Å². The lowest BCUT2D eigenvalue weighted by Crippen LogP contribution is -2.39. The molecular weight excluding hydrogens is 402 g/mol. The summed E-state index contributed by atoms with van der Waals surface area (Å²) < 4.78 is 3.18. The normalized spacial score (nSPS) is 15.1. The summed E-state index contributed by atoms with van der Waals surface area (Å²) in [7, 11) is 0. The van der Waals surface area contributed by atoms with E-state index in [1.807, 2.05) is 53.6 Å². The minimum Gasteiger partial charge on any atom is -0.339 e. The Kier molecular flexibility index (Phi) is 5.39.